The maximum atomic E-state index is 9.04. The Labute approximate surface area is 135 Å². The van der Waals surface area contributed by atoms with Crippen molar-refractivity contribution in [3.05, 3.63) is 42.0 Å². The molecule has 1 aliphatic heterocycles. The van der Waals surface area contributed by atoms with Crippen molar-refractivity contribution in [3.63, 3.8) is 0 Å². The largest absolute Gasteiger partial charge is 0.486 e. The van der Waals surface area contributed by atoms with E-state index in [4.69, 9.17) is 10.00 Å². The summed E-state index contributed by atoms with van der Waals surface area (Å²) in [6, 6.07) is 4.24. The number of aromatic nitrogens is 3. The van der Waals surface area contributed by atoms with Gasteiger partial charge in [-0.2, -0.15) is 5.26 Å². The van der Waals surface area contributed by atoms with E-state index in [1.165, 1.54) is 6.20 Å². The molecule has 1 atom stereocenters. The van der Waals surface area contributed by atoms with Crippen molar-refractivity contribution in [2.24, 2.45) is 0 Å². The summed E-state index contributed by atoms with van der Waals surface area (Å²) >= 11 is 0. The summed E-state index contributed by atoms with van der Waals surface area (Å²) in [5, 5.41) is 12.4. The number of nitrogens with zero attached hydrogens (tertiary/aromatic N) is 5. The third-order valence-electron chi connectivity index (χ3n) is 3.80. The molecule has 0 amide bonds. The van der Waals surface area contributed by atoms with E-state index in [-0.39, 0.29) is 6.61 Å². The Hall–Kier alpha value is -2.72. The monoisotopic (exact) mass is 310 g/mol. The molecule has 0 saturated carbocycles. The Morgan fingerprint density at radius 3 is 2.96 bits per heavy atom. The normalized spacial score (nSPS) is 17.6. The second kappa shape index (κ2) is 7.03. The number of rotatable bonds is 4. The molecule has 1 N–H and O–H groups in total. The smallest absolute Gasteiger partial charge is 0.225 e. The molecular weight excluding hydrogens is 292 g/mol. The van der Waals surface area contributed by atoms with E-state index in [9.17, 15) is 0 Å². The minimum Gasteiger partial charge on any atom is -0.486 e. The highest BCUT2D eigenvalue weighted by molar-refractivity contribution is 5.36. The van der Waals surface area contributed by atoms with Gasteiger partial charge in [0.05, 0.1) is 18.0 Å². The van der Waals surface area contributed by atoms with Crippen molar-refractivity contribution in [2.45, 2.75) is 19.6 Å². The average molecular weight is 310 g/mol. The van der Waals surface area contributed by atoms with Crippen molar-refractivity contribution in [2.75, 3.05) is 24.5 Å². The van der Waals surface area contributed by atoms with Crippen LogP contribution in [0.5, 0.6) is 5.75 Å². The van der Waals surface area contributed by atoms with E-state index >= 15 is 0 Å². The van der Waals surface area contributed by atoms with E-state index in [0.717, 1.165) is 25.2 Å². The molecule has 3 rings (SSSR count). The van der Waals surface area contributed by atoms with Gasteiger partial charge in [0.1, 0.15) is 12.7 Å². The van der Waals surface area contributed by atoms with E-state index in [0.29, 0.717) is 23.3 Å². The zero-order chi connectivity index (χ0) is 16.1. The van der Waals surface area contributed by atoms with Crippen molar-refractivity contribution >= 4 is 5.95 Å². The number of nitrogens with one attached hydrogen (secondary N) is 1. The molecule has 0 bridgehead atoms. The van der Waals surface area contributed by atoms with Crippen LogP contribution in [0.25, 0.3) is 0 Å². The van der Waals surface area contributed by atoms with Crippen LogP contribution < -0.4 is 15.0 Å². The number of nitriles is 1. The lowest BCUT2D eigenvalue weighted by Crippen LogP contribution is -2.50. The van der Waals surface area contributed by atoms with Gasteiger partial charge in [-0.15, -0.1) is 0 Å². The van der Waals surface area contributed by atoms with Gasteiger partial charge in [0.25, 0.3) is 0 Å². The van der Waals surface area contributed by atoms with Crippen LogP contribution in [0.1, 0.15) is 18.1 Å². The first-order chi connectivity index (χ1) is 11.3. The van der Waals surface area contributed by atoms with Gasteiger partial charge in [-0.1, -0.05) is 0 Å². The molecule has 0 radical (unpaired) electrons. The summed E-state index contributed by atoms with van der Waals surface area (Å²) in [5.41, 5.74) is 1.31. The van der Waals surface area contributed by atoms with Gasteiger partial charge in [0.2, 0.25) is 5.95 Å². The number of piperazine rings is 1. The Balaban J connectivity index is 1.65. The van der Waals surface area contributed by atoms with Crippen LogP contribution >= 0.6 is 0 Å². The van der Waals surface area contributed by atoms with Gasteiger partial charge in [0.15, 0.2) is 5.75 Å². The van der Waals surface area contributed by atoms with E-state index in [1.54, 1.807) is 24.7 Å². The quantitative estimate of drug-likeness (QED) is 0.905. The summed E-state index contributed by atoms with van der Waals surface area (Å²) in [4.78, 5) is 14.9. The molecule has 23 heavy (non-hydrogen) atoms. The van der Waals surface area contributed by atoms with Gasteiger partial charge < -0.3 is 15.0 Å². The summed E-state index contributed by atoms with van der Waals surface area (Å²) in [5.74, 6) is 1.30. The van der Waals surface area contributed by atoms with Crippen LogP contribution in [0.2, 0.25) is 0 Å². The zero-order valence-electron chi connectivity index (χ0n) is 12.9. The molecule has 3 heterocycles. The van der Waals surface area contributed by atoms with Gasteiger partial charge in [-0.25, -0.2) is 9.97 Å². The van der Waals surface area contributed by atoms with Crippen LogP contribution in [-0.4, -0.2) is 40.6 Å². The second-order valence-corrected chi connectivity index (χ2v) is 5.40. The van der Waals surface area contributed by atoms with Gasteiger partial charge >= 0.3 is 0 Å². The minimum atomic E-state index is 0.290. The lowest BCUT2D eigenvalue weighted by atomic mass is 10.2. The highest BCUT2D eigenvalue weighted by Gasteiger charge is 2.20. The summed E-state index contributed by atoms with van der Waals surface area (Å²) < 4.78 is 5.67. The molecule has 1 saturated heterocycles. The first kappa shape index (κ1) is 15.2. The maximum absolute atomic E-state index is 9.04. The predicted octanol–water partition coefficient (Wildman–Crippen LogP) is 1.12. The summed E-state index contributed by atoms with van der Waals surface area (Å²) in [6.07, 6.45) is 6.52. The molecule has 7 nitrogen and oxygen atoms in total. The van der Waals surface area contributed by atoms with Crippen LogP contribution in [0.3, 0.4) is 0 Å². The van der Waals surface area contributed by atoms with Gasteiger partial charge in [-0.05, 0) is 13.0 Å². The van der Waals surface area contributed by atoms with Crippen LogP contribution in [0, 0.1) is 11.3 Å². The topological polar surface area (TPSA) is 87.0 Å². The Kier molecular flexibility index (Phi) is 4.64. The van der Waals surface area contributed by atoms with Crippen molar-refractivity contribution in [1.82, 2.24) is 20.3 Å². The number of anilines is 1. The fourth-order valence-corrected chi connectivity index (χ4v) is 2.48. The van der Waals surface area contributed by atoms with E-state index in [2.05, 4.69) is 38.2 Å². The third kappa shape index (κ3) is 3.55. The molecule has 1 aliphatic rings. The molecular formula is C16H18N6O. The molecule has 7 heteroatoms. The Morgan fingerprint density at radius 2 is 2.22 bits per heavy atom. The number of hydrogen-bond donors (Lipinski definition) is 1. The fraction of sp³-hybridized carbons (Fsp3) is 0.375. The first-order valence-electron chi connectivity index (χ1n) is 7.53. The standard InChI is InChI=1S/C16H18N6O/c1-12-7-19-4-5-22(12)16-20-9-15(10-21-16)23-11-13-2-3-18-8-14(13)6-17/h2-3,8-10,12,19H,4-5,7,11H2,1H3/t12-/m1/s1. The van der Waals surface area contributed by atoms with E-state index < -0.39 is 0 Å². The van der Waals surface area contributed by atoms with Crippen LogP contribution in [0.4, 0.5) is 5.95 Å². The number of pyridine rings is 1. The number of ether oxygens (including phenoxy) is 1. The average Bonchev–Trinajstić information content (AvgIpc) is 2.61. The summed E-state index contributed by atoms with van der Waals surface area (Å²) in [6.45, 7) is 5.19. The first-order valence-corrected chi connectivity index (χ1v) is 7.53. The minimum absolute atomic E-state index is 0.290. The van der Waals surface area contributed by atoms with E-state index in [1.807, 2.05) is 0 Å². The van der Waals surface area contributed by atoms with Gasteiger partial charge in [0, 0.05) is 43.6 Å². The lowest BCUT2D eigenvalue weighted by Gasteiger charge is -2.33. The molecule has 118 valence electrons. The SMILES string of the molecule is C[C@@H]1CNCCN1c1ncc(OCc2ccncc2C#N)cn1. The second-order valence-electron chi connectivity index (χ2n) is 5.40. The predicted molar refractivity (Wildman–Crippen MR) is 85.0 cm³/mol. The maximum Gasteiger partial charge on any atom is 0.225 e. The molecule has 0 aromatic carbocycles. The fourth-order valence-electron chi connectivity index (χ4n) is 2.48. The molecule has 0 unspecified atom stereocenters. The Bertz CT molecular complexity index is 696. The molecule has 0 aliphatic carbocycles. The molecule has 2 aromatic rings. The lowest BCUT2D eigenvalue weighted by molar-refractivity contribution is 0.303. The molecule has 2 aromatic heterocycles. The third-order valence-corrected chi connectivity index (χ3v) is 3.80. The van der Waals surface area contributed by atoms with Gasteiger partial charge in [-0.3, -0.25) is 4.98 Å². The van der Waals surface area contributed by atoms with Crippen molar-refractivity contribution in [1.29, 1.82) is 5.26 Å². The van der Waals surface area contributed by atoms with Crippen LogP contribution in [-0.2, 0) is 6.61 Å². The highest BCUT2D eigenvalue weighted by atomic mass is 16.5. The summed E-state index contributed by atoms with van der Waals surface area (Å²) in [7, 11) is 0. The molecule has 1 fully saturated rings. The molecule has 0 spiro atoms. The Morgan fingerprint density at radius 1 is 1.39 bits per heavy atom. The zero-order valence-corrected chi connectivity index (χ0v) is 12.9. The van der Waals surface area contributed by atoms with Crippen LogP contribution in [0.15, 0.2) is 30.9 Å². The number of hydrogen-bond acceptors (Lipinski definition) is 7. The highest BCUT2D eigenvalue weighted by Crippen LogP contribution is 2.17. The van der Waals surface area contributed by atoms with Crippen molar-refractivity contribution < 1.29 is 4.74 Å². The van der Waals surface area contributed by atoms with Crippen molar-refractivity contribution in [3.8, 4) is 11.8 Å².